The first-order chi connectivity index (χ1) is 16.9. The van der Waals surface area contributed by atoms with E-state index in [-0.39, 0.29) is 18.9 Å². The zero-order chi connectivity index (χ0) is 24.8. The van der Waals surface area contributed by atoms with E-state index in [1.165, 1.54) is 0 Å². The number of rotatable bonds is 9. The first kappa shape index (κ1) is 24.2. The normalized spacial score (nSPS) is 10.8. The van der Waals surface area contributed by atoms with Gasteiger partial charge in [0.25, 0.3) is 5.91 Å². The van der Waals surface area contributed by atoms with Gasteiger partial charge in [-0.15, -0.1) is 0 Å². The molecule has 6 nitrogen and oxygen atoms in total. The molecule has 1 aromatic heterocycles. The second-order valence-electron chi connectivity index (χ2n) is 8.12. The summed E-state index contributed by atoms with van der Waals surface area (Å²) in [4.78, 5) is 31.5. The highest BCUT2D eigenvalue weighted by Gasteiger charge is 2.21. The standard InChI is InChI=1S/C28H25ClN2O4/c1-35-22-11-9-20(10-12-22)26-18-24(23-7-2-3-8-25(23)30-26)28(34)31(16-14-27(32)33)15-13-19-5-4-6-21(29)17-19/h2-12,17-18H,13-16H2,1H3,(H,32,33). The van der Waals surface area contributed by atoms with E-state index in [0.29, 0.717) is 34.8 Å². The number of benzene rings is 3. The molecule has 4 rings (SSSR count). The molecule has 0 radical (unpaired) electrons. The van der Waals surface area contributed by atoms with Crippen molar-refractivity contribution >= 4 is 34.4 Å². The number of aliphatic carboxylic acids is 1. The van der Waals surface area contributed by atoms with Gasteiger partial charge in [0.2, 0.25) is 0 Å². The number of ether oxygens (including phenoxy) is 1. The van der Waals surface area contributed by atoms with Crippen molar-refractivity contribution in [3.05, 3.63) is 95.0 Å². The van der Waals surface area contributed by atoms with E-state index in [1.807, 2.05) is 66.7 Å². The van der Waals surface area contributed by atoms with Gasteiger partial charge in [-0.25, -0.2) is 4.98 Å². The minimum Gasteiger partial charge on any atom is -0.497 e. The van der Waals surface area contributed by atoms with Crippen LogP contribution in [0.25, 0.3) is 22.2 Å². The molecule has 0 aliphatic heterocycles. The number of amides is 1. The summed E-state index contributed by atoms with van der Waals surface area (Å²) >= 11 is 6.11. The van der Waals surface area contributed by atoms with E-state index < -0.39 is 5.97 Å². The second-order valence-corrected chi connectivity index (χ2v) is 8.55. The van der Waals surface area contributed by atoms with Crippen molar-refractivity contribution in [2.75, 3.05) is 20.2 Å². The molecule has 4 aromatic rings. The summed E-state index contributed by atoms with van der Waals surface area (Å²) in [5.74, 6) is -0.461. The van der Waals surface area contributed by atoms with E-state index in [4.69, 9.17) is 21.3 Å². The average Bonchev–Trinajstić information content (AvgIpc) is 2.87. The molecule has 0 saturated heterocycles. The van der Waals surface area contributed by atoms with Crippen LogP contribution in [0.2, 0.25) is 5.02 Å². The largest absolute Gasteiger partial charge is 0.497 e. The number of nitrogens with zero attached hydrogens (tertiary/aromatic N) is 2. The molecule has 7 heteroatoms. The summed E-state index contributed by atoms with van der Waals surface area (Å²) in [5, 5.41) is 10.6. The lowest BCUT2D eigenvalue weighted by molar-refractivity contribution is -0.137. The number of fused-ring (bicyclic) bond motifs is 1. The Morgan fingerprint density at radius 2 is 1.74 bits per heavy atom. The number of carbonyl (C=O) groups is 2. The number of carboxylic acids is 1. The number of aromatic nitrogens is 1. The Hall–Kier alpha value is -3.90. The smallest absolute Gasteiger partial charge is 0.305 e. The lowest BCUT2D eigenvalue weighted by Crippen LogP contribution is -2.35. The molecule has 1 N–H and O–H groups in total. The van der Waals surface area contributed by atoms with Gasteiger partial charge in [0, 0.05) is 29.1 Å². The van der Waals surface area contributed by atoms with Gasteiger partial charge in [-0.05, 0) is 60.5 Å². The zero-order valence-corrected chi connectivity index (χ0v) is 20.0. The van der Waals surface area contributed by atoms with Crippen LogP contribution < -0.4 is 4.74 Å². The van der Waals surface area contributed by atoms with Gasteiger partial charge < -0.3 is 14.7 Å². The van der Waals surface area contributed by atoms with Crippen LogP contribution in [-0.2, 0) is 11.2 Å². The van der Waals surface area contributed by atoms with Crippen LogP contribution >= 0.6 is 11.6 Å². The van der Waals surface area contributed by atoms with Gasteiger partial charge in [0.05, 0.1) is 30.3 Å². The molecule has 0 spiro atoms. The number of pyridine rings is 1. The van der Waals surface area contributed by atoms with Gasteiger partial charge in [-0.3, -0.25) is 9.59 Å². The summed E-state index contributed by atoms with van der Waals surface area (Å²) in [6, 6.07) is 24.2. The van der Waals surface area contributed by atoms with Gasteiger partial charge in [0.15, 0.2) is 0 Å². The highest BCUT2D eigenvalue weighted by atomic mass is 35.5. The fourth-order valence-electron chi connectivity index (χ4n) is 3.93. The highest BCUT2D eigenvalue weighted by molar-refractivity contribution is 6.30. The molecule has 0 aliphatic rings. The molecule has 35 heavy (non-hydrogen) atoms. The minimum absolute atomic E-state index is 0.100. The maximum atomic E-state index is 13.8. The Kier molecular flexibility index (Phi) is 7.63. The van der Waals surface area contributed by atoms with Crippen LogP contribution in [0.4, 0.5) is 0 Å². The molecule has 178 valence electrons. The third kappa shape index (κ3) is 5.97. The van der Waals surface area contributed by atoms with Crippen LogP contribution in [0.5, 0.6) is 5.75 Å². The summed E-state index contributed by atoms with van der Waals surface area (Å²) in [6.45, 7) is 0.463. The van der Waals surface area contributed by atoms with Crippen LogP contribution in [0.1, 0.15) is 22.3 Å². The summed E-state index contributed by atoms with van der Waals surface area (Å²) in [6.07, 6.45) is 0.413. The number of halogens is 1. The number of hydrogen-bond donors (Lipinski definition) is 1. The first-order valence-corrected chi connectivity index (χ1v) is 11.6. The lowest BCUT2D eigenvalue weighted by atomic mass is 10.0. The van der Waals surface area contributed by atoms with Gasteiger partial charge >= 0.3 is 5.97 Å². The Labute approximate surface area is 208 Å². The van der Waals surface area contributed by atoms with Crippen molar-refractivity contribution in [1.29, 1.82) is 0 Å². The molecule has 1 heterocycles. The molecule has 0 fully saturated rings. The van der Waals surface area contributed by atoms with Crippen LogP contribution in [0, 0.1) is 0 Å². The quantitative estimate of drug-likeness (QED) is 0.326. The number of hydrogen-bond acceptors (Lipinski definition) is 4. The Morgan fingerprint density at radius 3 is 2.46 bits per heavy atom. The zero-order valence-electron chi connectivity index (χ0n) is 19.3. The van der Waals surface area contributed by atoms with Crippen LogP contribution in [0.3, 0.4) is 0 Å². The molecule has 0 saturated carbocycles. The number of para-hydroxylation sites is 1. The maximum Gasteiger partial charge on any atom is 0.305 e. The fourth-order valence-corrected chi connectivity index (χ4v) is 4.15. The van der Waals surface area contributed by atoms with Crippen LogP contribution in [0.15, 0.2) is 78.9 Å². The molecular formula is C28H25ClN2O4. The van der Waals surface area contributed by atoms with Gasteiger partial charge in [-0.2, -0.15) is 0 Å². The number of carboxylic acid groups (broad SMARTS) is 1. The molecule has 3 aromatic carbocycles. The highest BCUT2D eigenvalue weighted by Crippen LogP contribution is 2.27. The van der Waals surface area contributed by atoms with Crippen molar-refractivity contribution in [2.24, 2.45) is 0 Å². The third-order valence-electron chi connectivity index (χ3n) is 5.77. The molecule has 1 amide bonds. The second kappa shape index (κ2) is 11.0. The van der Waals surface area contributed by atoms with Crippen molar-refractivity contribution < 1.29 is 19.4 Å². The van der Waals surface area contributed by atoms with Gasteiger partial charge in [0.1, 0.15) is 5.75 Å². The predicted octanol–water partition coefficient (Wildman–Crippen LogP) is 5.72. The molecular weight excluding hydrogens is 464 g/mol. The summed E-state index contributed by atoms with van der Waals surface area (Å²) < 4.78 is 5.25. The van der Waals surface area contributed by atoms with E-state index in [2.05, 4.69) is 0 Å². The van der Waals surface area contributed by atoms with Crippen LogP contribution in [-0.4, -0.2) is 47.1 Å². The van der Waals surface area contributed by atoms with E-state index >= 15 is 0 Å². The molecule has 0 aliphatic carbocycles. The average molecular weight is 489 g/mol. The topological polar surface area (TPSA) is 79.7 Å². The van der Waals surface area contributed by atoms with E-state index in [0.717, 1.165) is 22.3 Å². The number of carbonyl (C=O) groups excluding carboxylic acids is 1. The van der Waals surface area contributed by atoms with E-state index in [1.54, 1.807) is 24.1 Å². The Bertz CT molecular complexity index is 1350. The Balaban J connectivity index is 1.71. The van der Waals surface area contributed by atoms with Crippen molar-refractivity contribution in [1.82, 2.24) is 9.88 Å². The van der Waals surface area contributed by atoms with Crippen molar-refractivity contribution in [3.8, 4) is 17.0 Å². The minimum atomic E-state index is -0.955. The first-order valence-electron chi connectivity index (χ1n) is 11.2. The monoisotopic (exact) mass is 488 g/mol. The molecule has 0 bridgehead atoms. The SMILES string of the molecule is COc1ccc(-c2cc(C(=O)N(CCC(=O)O)CCc3cccc(Cl)c3)c3ccccc3n2)cc1. The number of methoxy groups -OCH3 is 1. The van der Waals surface area contributed by atoms with E-state index in [9.17, 15) is 14.7 Å². The third-order valence-corrected chi connectivity index (χ3v) is 6.01. The predicted molar refractivity (Wildman–Crippen MR) is 137 cm³/mol. The summed E-state index contributed by atoms with van der Waals surface area (Å²) in [5.41, 5.74) is 3.66. The van der Waals surface area contributed by atoms with Crippen molar-refractivity contribution in [3.63, 3.8) is 0 Å². The lowest BCUT2D eigenvalue weighted by Gasteiger charge is -2.23. The fraction of sp³-hybridized carbons (Fsp3) is 0.179. The van der Waals surface area contributed by atoms with Gasteiger partial charge in [-0.1, -0.05) is 41.9 Å². The molecule has 0 unspecified atom stereocenters. The van der Waals surface area contributed by atoms with Crippen molar-refractivity contribution in [2.45, 2.75) is 12.8 Å². The maximum absolute atomic E-state index is 13.8. The summed E-state index contributed by atoms with van der Waals surface area (Å²) in [7, 11) is 1.61. The molecule has 0 atom stereocenters. The Morgan fingerprint density at radius 1 is 0.971 bits per heavy atom.